The second kappa shape index (κ2) is 7.83. The molecule has 1 unspecified atom stereocenters. The van der Waals surface area contributed by atoms with Crippen LogP contribution in [0.4, 0.5) is 15.8 Å². The van der Waals surface area contributed by atoms with Crippen molar-refractivity contribution < 1.29 is 18.7 Å². The molecule has 7 heteroatoms. The summed E-state index contributed by atoms with van der Waals surface area (Å²) in [6.07, 6.45) is 4.15. The van der Waals surface area contributed by atoms with Crippen LogP contribution in [-0.4, -0.2) is 55.9 Å². The van der Waals surface area contributed by atoms with Gasteiger partial charge >= 0.3 is 0 Å². The predicted octanol–water partition coefficient (Wildman–Crippen LogP) is 3.46. The monoisotopic (exact) mass is 437 g/mol. The van der Waals surface area contributed by atoms with Crippen molar-refractivity contribution in [3.05, 3.63) is 59.9 Å². The van der Waals surface area contributed by atoms with E-state index in [1.165, 1.54) is 12.1 Å². The maximum atomic E-state index is 13.7. The molecule has 2 aromatic rings. The van der Waals surface area contributed by atoms with E-state index in [1.807, 2.05) is 41.3 Å². The lowest BCUT2D eigenvalue weighted by atomic mass is 9.95. The minimum atomic E-state index is -1.29. The molecular weight excluding hydrogens is 409 g/mol. The number of carbonyl (C=O) groups is 1. The third-order valence-electron chi connectivity index (χ3n) is 7.26. The molecule has 1 amide bonds. The molecule has 168 valence electrons. The number of amides is 1. The van der Waals surface area contributed by atoms with Gasteiger partial charge in [0.05, 0.1) is 24.6 Å². The zero-order valence-corrected chi connectivity index (χ0v) is 18.1. The predicted molar refractivity (Wildman–Crippen MR) is 119 cm³/mol. The first-order valence-corrected chi connectivity index (χ1v) is 11.6. The lowest BCUT2D eigenvalue weighted by Crippen LogP contribution is -2.52. The molecule has 2 aromatic carbocycles. The molecule has 6 nitrogen and oxygen atoms in total. The molecule has 0 radical (unpaired) electrons. The van der Waals surface area contributed by atoms with Crippen LogP contribution in [0.15, 0.2) is 48.5 Å². The van der Waals surface area contributed by atoms with Crippen molar-refractivity contribution in [2.45, 2.75) is 43.7 Å². The summed E-state index contributed by atoms with van der Waals surface area (Å²) in [5.74, 6) is -1.61. The van der Waals surface area contributed by atoms with E-state index in [0.717, 1.165) is 68.8 Å². The van der Waals surface area contributed by atoms with Crippen molar-refractivity contribution in [3.8, 4) is 0 Å². The average molecular weight is 438 g/mol. The van der Waals surface area contributed by atoms with Crippen LogP contribution in [-0.2, 0) is 20.1 Å². The first kappa shape index (κ1) is 20.1. The topological polar surface area (TPSA) is 45.3 Å². The molecule has 1 saturated carbocycles. The third kappa shape index (κ3) is 3.22. The van der Waals surface area contributed by atoms with Gasteiger partial charge < -0.3 is 14.4 Å². The number of para-hydroxylation sites is 1. The highest BCUT2D eigenvalue weighted by Crippen LogP contribution is 2.51. The van der Waals surface area contributed by atoms with Crippen LogP contribution < -0.4 is 9.80 Å². The molecule has 0 bridgehead atoms. The van der Waals surface area contributed by atoms with Crippen LogP contribution in [0, 0.1) is 5.82 Å². The summed E-state index contributed by atoms with van der Waals surface area (Å²) >= 11 is 0. The number of piperazine rings is 1. The maximum absolute atomic E-state index is 13.7. The number of nitrogens with zero attached hydrogens (tertiary/aromatic N) is 3. The van der Waals surface area contributed by atoms with Gasteiger partial charge in [0.25, 0.3) is 11.7 Å². The summed E-state index contributed by atoms with van der Waals surface area (Å²) in [7, 11) is 0. The SMILES string of the molecule is O=C1N(CN2CCN(c3ccc(F)cc3)CC2)c2ccccc2C12O[C@H]1CCCC[C@H]1O2. The van der Waals surface area contributed by atoms with Gasteiger partial charge in [-0.1, -0.05) is 31.0 Å². The van der Waals surface area contributed by atoms with Gasteiger partial charge in [-0.3, -0.25) is 14.6 Å². The maximum Gasteiger partial charge on any atom is 0.293 e. The number of benzene rings is 2. The molecule has 0 N–H and O–H groups in total. The van der Waals surface area contributed by atoms with Crippen molar-refractivity contribution in [3.63, 3.8) is 0 Å². The molecule has 3 heterocycles. The summed E-state index contributed by atoms with van der Waals surface area (Å²) in [5.41, 5.74) is 2.75. The van der Waals surface area contributed by atoms with E-state index in [9.17, 15) is 9.18 Å². The highest BCUT2D eigenvalue weighted by molar-refractivity contribution is 6.06. The fourth-order valence-electron chi connectivity index (χ4n) is 5.54. The summed E-state index contributed by atoms with van der Waals surface area (Å²) in [6, 6.07) is 14.5. The first-order chi connectivity index (χ1) is 15.6. The molecule has 32 heavy (non-hydrogen) atoms. The number of hydrogen-bond acceptors (Lipinski definition) is 5. The van der Waals surface area contributed by atoms with Crippen molar-refractivity contribution >= 4 is 17.3 Å². The minimum absolute atomic E-state index is 0.0000369. The number of fused-ring (bicyclic) bond motifs is 3. The molecule has 3 atom stereocenters. The lowest BCUT2D eigenvalue weighted by molar-refractivity contribution is -0.190. The van der Waals surface area contributed by atoms with E-state index in [0.29, 0.717) is 6.67 Å². The van der Waals surface area contributed by atoms with Crippen molar-refractivity contribution in [2.75, 3.05) is 42.6 Å². The van der Waals surface area contributed by atoms with Gasteiger partial charge in [0, 0.05) is 37.4 Å². The van der Waals surface area contributed by atoms with Gasteiger partial charge in [0.15, 0.2) is 0 Å². The number of hydrogen-bond donors (Lipinski definition) is 0. The summed E-state index contributed by atoms with van der Waals surface area (Å²) in [4.78, 5) is 20.1. The van der Waals surface area contributed by atoms with Crippen LogP contribution >= 0.6 is 0 Å². The van der Waals surface area contributed by atoms with Gasteiger partial charge in [0.2, 0.25) is 0 Å². The molecule has 2 saturated heterocycles. The van der Waals surface area contributed by atoms with E-state index in [1.54, 1.807) is 0 Å². The van der Waals surface area contributed by atoms with Gasteiger partial charge in [-0.25, -0.2) is 4.39 Å². The Kier molecular flexibility index (Phi) is 4.93. The Labute approximate surface area is 187 Å². The molecule has 3 fully saturated rings. The highest BCUT2D eigenvalue weighted by Gasteiger charge is 2.61. The number of ether oxygens (including phenoxy) is 2. The molecule has 4 aliphatic rings. The second-order valence-electron chi connectivity index (χ2n) is 9.19. The second-order valence-corrected chi connectivity index (χ2v) is 9.19. The highest BCUT2D eigenvalue weighted by atomic mass is 19.1. The molecular formula is C25H28FN3O3. The van der Waals surface area contributed by atoms with E-state index in [-0.39, 0.29) is 23.9 Å². The summed E-state index contributed by atoms with van der Waals surface area (Å²) < 4.78 is 26.0. The van der Waals surface area contributed by atoms with Crippen molar-refractivity contribution in [1.29, 1.82) is 0 Å². The van der Waals surface area contributed by atoms with Crippen LogP contribution in [0.2, 0.25) is 0 Å². The Morgan fingerprint density at radius 2 is 1.56 bits per heavy atom. The molecule has 0 aromatic heterocycles. The molecule has 6 rings (SSSR count). The zero-order valence-electron chi connectivity index (χ0n) is 18.1. The molecule has 3 aliphatic heterocycles. The fourth-order valence-corrected chi connectivity index (χ4v) is 5.54. The fraction of sp³-hybridized carbons (Fsp3) is 0.480. The number of rotatable bonds is 3. The Bertz CT molecular complexity index is 992. The zero-order chi connectivity index (χ0) is 21.7. The summed E-state index contributed by atoms with van der Waals surface area (Å²) in [5, 5.41) is 0. The Morgan fingerprint density at radius 3 is 2.25 bits per heavy atom. The van der Waals surface area contributed by atoms with Gasteiger partial charge in [0.1, 0.15) is 5.82 Å². The normalized spacial score (nSPS) is 30.1. The Morgan fingerprint density at radius 1 is 0.906 bits per heavy atom. The molecule has 1 aliphatic carbocycles. The van der Waals surface area contributed by atoms with Gasteiger partial charge in [-0.2, -0.15) is 0 Å². The minimum Gasteiger partial charge on any atom is -0.369 e. The van der Waals surface area contributed by atoms with Gasteiger partial charge in [-0.15, -0.1) is 0 Å². The average Bonchev–Trinajstić information content (AvgIpc) is 3.33. The first-order valence-electron chi connectivity index (χ1n) is 11.6. The Hall–Kier alpha value is -2.48. The number of anilines is 2. The van der Waals surface area contributed by atoms with E-state index in [2.05, 4.69) is 9.80 Å². The van der Waals surface area contributed by atoms with E-state index >= 15 is 0 Å². The van der Waals surface area contributed by atoms with Crippen LogP contribution in [0.3, 0.4) is 0 Å². The largest absolute Gasteiger partial charge is 0.369 e. The van der Waals surface area contributed by atoms with Crippen LogP contribution in [0.5, 0.6) is 0 Å². The third-order valence-corrected chi connectivity index (χ3v) is 7.26. The number of halogens is 1. The number of carbonyl (C=O) groups excluding carboxylic acids is 1. The van der Waals surface area contributed by atoms with Crippen LogP contribution in [0.1, 0.15) is 31.2 Å². The lowest BCUT2D eigenvalue weighted by Gasteiger charge is -2.38. The van der Waals surface area contributed by atoms with Gasteiger partial charge in [-0.05, 0) is 43.2 Å². The summed E-state index contributed by atoms with van der Waals surface area (Å²) in [6.45, 7) is 3.82. The Balaban J connectivity index is 1.19. The quantitative estimate of drug-likeness (QED) is 0.736. The van der Waals surface area contributed by atoms with Crippen molar-refractivity contribution in [2.24, 2.45) is 0 Å². The standard InChI is InChI=1S/C25H28FN3O3/c26-18-9-11-19(12-10-18)28-15-13-27(14-16-28)17-29-21-6-2-1-5-20(21)25(24(29)30)31-22-7-3-4-8-23(22)32-25/h1-2,5-6,9-12,22-23H,3-4,7-8,13-17H2/t22-,23+,25?. The van der Waals surface area contributed by atoms with E-state index in [4.69, 9.17) is 9.47 Å². The van der Waals surface area contributed by atoms with Crippen molar-refractivity contribution in [1.82, 2.24) is 4.90 Å². The van der Waals surface area contributed by atoms with Crippen LogP contribution in [0.25, 0.3) is 0 Å². The molecule has 1 spiro atoms. The smallest absolute Gasteiger partial charge is 0.293 e. The van der Waals surface area contributed by atoms with E-state index < -0.39 is 5.79 Å².